The topological polar surface area (TPSA) is 22.1 Å². The standard InChI is InChI=1S/C18H16BrNO/c1-11-4-6-13(7-5-11)14-9-15-17(20-10-14)16(19)8-12(2)18(15)21-3/h4-10H,1-3H3. The van der Waals surface area contributed by atoms with E-state index in [2.05, 4.69) is 58.2 Å². The molecular weight excluding hydrogens is 326 g/mol. The van der Waals surface area contributed by atoms with Crippen molar-refractivity contribution in [2.45, 2.75) is 13.8 Å². The number of ether oxygens (including phenoxy) is 1. The normalized spacial score (nSPS) is 10.9. The summed E-state index contributed by atoms with van der Waals surface area (Å²) in [4.78, 5) is 4.60. The van der Waals surface area contributed by atoms with Gasteiger partial charge in [0.1, 0.15) is 5.75 Å². The highest BCUT2D eigenvalue weighted by Gasteiger charge is 2.11. The van der Waals surface area contributed by atoms with Crippen molar-refractivity contribution in [1.82, 2.24) is 4.98 Å². The molecule has 3 rings (SSSR count). The maximum absolute atomic E-state index is 5.56. The Hall–Kier alpha value is -1.87. The number of nitrogens with zero attached hydrogens (tertiary/aromatic N) is 1. The van der Waals surface area contributed by atoms with Crippen molar-refractivity contribution in [2.75, 3.05) is 7.11 Å². The van der Waals surface area contributed by atoms with Gasteiger partial charge in [0, 0.05) is 21.6 Å². The van der Waals surface area contributed by atoms with Crippen LogP contribution in [0.3, 0.4) is 0 Å². The van der Waals surface area contributed by atoms with Gasteiger partial charge in [-0.25, -0.2) is 0 Å². The third-order valence-electron chi connectivity index (χ3n) is 3.65. The van der Waals surface area contributed by atoms with Crippen LogP contribution < -0.4 is 4.74 Å². The van der Waals surface area contributed by atoms with Gasteiger partial charge in [0.15, 0.2) is 0 Å². The van der Waals surface area contributed by atoms with Crippen molar-refractivity contribution >= 4 is 26.8 Å². The molecule has 0 saturated carbocycles. The van der Waals surface area contributed by atoms with E-state index in [9.17, 15) is 0 Å². The largest absolute Gasteiger partial charge is 0.496 e. The minimum Gasteiger partial charge on any atom is -0.496 e. The molecule has 0 fully saturated rings. The lowest BCUT2D eigenvalue weighted by Crippen LogP contribution is -1.92. The van der Waals surface area contributed by atoms with E-state index in [0.29, 0.717) is 0 Å². The van der Waals surface area contributed by atoms with Crippen molar-refractivity contribution in [3.8, 4) is 16.9 Å². The summed E-state index contributed by atoms with van der Waals surface area (Å²) in [5.74, 6) is 0.884. The number of methoxy groups -OCH3 is 1. The lowest BCUT2D eigenvalue weighted by molar-refractivity contribution is 0.416. The molecule has 2 aromatic carbocycles. The van der Waals surface area contributed by atoms with E-state index in [1.165, 1.54) is 5.56 Å². The number of rotatable bonds is 2. The van der Waals surface area contributed by atoms with Crippen LogP contribution in [-0.4, -0.2) is 12.1 Å². The fourth-order valence-electron chi connectivity index (χ4n) is 2.54. The Bertz CT molecular complexity index is 810. The van der Waals surface area contributed by atoms with Crippen molar-refractivity contribution < 1.29 is 4.74 Å². The summed E-state index contributed by atoms with van der Waals surface area (Å²) < 4.78 is 6.55. The molecule has 21 heavy (non-hydrogen) atoms. The minimum atomic E-state index is 0.884. The second-order valence-electron chi connectivity index (χ2n) is 5.19. The van der Waals surface area contributed by atoms with Crippen LogP contribution in [0.2, 0.25) is 0 Å². The second-order valence-corrected chi connectivity index (χ2v) is 6.05. The summed E-state index contributed by atoms with van der Waals surface area (Å²) in [6.45, 7) is 4.13. The highest BCUT2D eigenvalue weighted by molar-refractivity contribution is 9.10. The van der Waals surface area contributed by atoms with Crippen LogP contribution in [0.1, 0.15) is 11.1 Å². The fraction of sp³-hybridized carbons (Fsp3) is 0.167. The van der Waals surface area contributed by atoms with E-state index < -0.39 is 0 Å². The first kappa shape index (κ1) is 14.1. The Morgan fingerprint density at radius 2 is 1.71 bits per heavy atom. The fourth-order valence-corrected chi connectivity index (χ4v) is 3.20. The maximum Gasteiger partial charge on any atom is 0.131 e. The third-order valence-corrected chi connectivity index (χ3v) is 4.25. The molecule has 0 bridgehead atoms. The van der Waals surface area contributed by atoms with Gasteiger partial charge in [-0.2, -0.15) is 0 Å². The van der Waals surface area contributed by atoms with Crippen molar-refractivity contribution in [2.24, 2.45) is 0 Å². The maximum atomic E-state index is 5.56. The van der Waals surface area contributed by atoms with Gasteiger partial charge in [-0.05, 0) is 53.0 Å². The SMILES string of the molecule is COc1c(C)cc(Br)c2ncc(-c3ccc(C)cc3)cc12. The van der Waals surface area contributed by atoms with Crippen LogP contribution in [0.4, 0.5) is 0 Å². The molecule has 1 heterocycles. The molecule has 0 aliphatic carbocycles. The van der Waals surface area contributed by atoms with Crippen LogP contribution in [0.15, 0.2) is 47.1 Å². The summed E-state index contributed by atoms with van der Waals surface area (Å²) in [5.41, 5.74) is 5.53. The molecular formula is C18H16BrNO. The number of fused-ring (bicyclic) bond motifs is 1. The molecule has 3 aromatic rings. The molecule has 0 atom stereocenters. The molecule has 0 spiro atoms. The molecule has 0 N–H and O–H groups in total. The van der Waals surface area contributed by atoms with Gasteiger partial charge in [-0.3, -0.25) is 4.98 Å². The average molecular weight is 342 g/mol. The summed E-state index contributed by atoms with van der Waals surface area (Å²) in [6.07, 6.45) is 1.91. The number of aryl methyl sites for hydroxylation is 2. The number of hydrogen-bond donors (Lipinski definition) is 0. The molecule has 0 aliphatic heterocycles. The monoisotopic (exact) mass is 341 g/mol. The summed E-state index contributed by atoms with van der Waals surface area (Å²) in [5, 5.41) is 1.03. The molecule has 0 amide bonds. The van der Waals surface area contributed by atoms with Gasteiger partial charge in [0.05, 0.1) is 12.6 Å². The van der Waals surface area contributed by atoms with E-state index in [-0.39, 0.29) is 0 Å². The predicted octanol–water partition coefficient (Wildman–Crippen LogP) is 5.29. The quantitative estimate of drug-likeness (QED) is 0.631. The summed E-state index contributed by atoms with van der Waals surface area (Å²) in [7, 11) is 1.70. The molecule has 3 heteroatoms. The van der Waals surface area contributed by atoms with Crippen molar-refractivity contribution in [3.63, 3.8) is 0 Å². The number of halogens is 1. The van der Waals surface area contributed by atoms with Gasteiger partial charge in [0.25, 0.3) is 0 Å². The Labute approximate surface area is 132 Å². The molecule has 0 radical (unpaired) electrons. The zero-order valence-electron chi connectivity index (χ0n) is 12.3. The van der Waals surface area contributed by atoms with Crippen LogP contribution in [-0.2, 0) is 0 Å². The number of aromatic nitrogens is 1. The molecule has 0 aliphatic rings. The van der Waals surface area contributed by atoms with Gasteiger partial charge < -0.3 is 4.74 Å². The van der Waals surface area contributed by atoms with E-state index in [1.54, 1.807) is 7.11 Å². The molecule has 2 nitrogen and oxygen atoms in total. The highest BCUT2D eigenvalue weighted by atomic mass is 79.9. The zero-order chi connectivity index (χ0) is 15.0. The Morgan fingerprint density at radius 3 is 2.38 bits per heavy atom. The van der Waals surface area contributed by atoms with E-state index >= 15 is 0 Å². The van der Waals surface area contributed by atoms with Crippen LogP contribution in [0.5, 0.6) is 5.75 Å². The molecule has 0 saturated heterocycles. The third kappa shape index (κ3) is 2.54. The van der Waals surface area contributed by atoms with E-state index in [1.807, 2.05) is 19.2 Å². The van der Waals surface area contributed by atoms with Crippen molar-refractivity contribution in [1.29, 1.82) is 0 Å². The van der Waals surface area contributed by atoms with Gasteiger partial charge in [-0.1, -0.05) is 29.8 Å². The number of hydrogen-bond acceptors (Lipinski definition) is 2. The molecule has 1 aromatic heterocycles. The lowest BCUT2D eigenvalue weighted by atomic mass is 10.0. The van der Waals surface area contributed by atoms with Crippen LogP contribution >= 0.6 is 15.9 Å². The Balaban J connectivity index is 2.25. The van der Waals surface area contributed by atoms with Crippen LogP contribution in [0, 0.1) is 13.8 Å². The van der Waals surface area contributed by atoms with E-state index in [4.69, 9.17) is 4.74 Å². The summed E-state index contributed by atoms with van der Waals surface area (Å²) in [6, 6.07) is 12.7. The van der Waals surface area contributed by atoms with Crippen molar-refractivity contribution in [3.05, 3.63) is 58.2 Å². The van der Waals surface area contributed by atoms with E-state index in [0.717, 1.165) is 37.8 Å². The lowest BCUT2D eigenvalue weighted by Gasteiger charge is -2.12. The first-order valence-electron chi connectivity index (χ1n) is 6.80. The highest BCUT2D eigenvalue weighted by Crippen LogP contribution is 2.35. The Kier molecular flexibility index (Phi) is 3.68. The molecule has 106 valence electrons. The first-order valence-corrected chi connectivity index (χ1v) is 7.59. The zero-order valence-corrected chi connectivity index (χ0v) is 13.9. The Morgan fingerprint density at radius 1 is 1.00 bits per heavy atom. The van der Waals surface area contributed by atoms with Gasteiger partial charge >= 0.3 is 0 Å². The number of benzene rings is 2. The first-order chi connectivity index (χ1) is 10.1. The predicted molar refractivity (Wildman–Crippen MR) is 90.9 cm³/mol. The van der Waals surface area contributed by atoms with Gasteiger partial charge in [-0.15, -0.1) is 0 Å². The van der Waals surface area contributed by atoms with Gasteiger partial charge in [0.2, 0.25) is 0 Å². The van der Waals surface area contributed by atoms with Crippen LogP contribution in [0.25, 0.3) is 22.0 Å². The number of pyridine rings is 1. The average Bonchev–Trinajstić information content (AvgIpc) is 2.48. The smallest absolute Gasteiger partial charge is 0.131 e. The minimum absolute atomic E-state index is 0.884. The second kappa shape index (κ2) is 5.49. The molecule has 0 unspecified atom stereocenters. The summed E-state index contributed by atoms with van der Waals surface area (Å²) >= 11 is 3.58.